The minimum absolute atomic E-state index is 0.183. The van der Waals surface area contributed by atoms with Crippen molar-refractivity contribution in [3.63, 3.8) is 0 Å². The van der Waals surface area contributed by atoms with Gasteiger partial charge in [0.05, 0.1) is 16.9 Å². The van der Waals surface area contributed by atoms with E-state index in [0.717, 1.165) is 21.5 Å². The van der Waals surface area contributed by atoms with Crippen molar-refractivity contribution in [2.45, 2.75) is 18.1 Å². The topological polar surface area (TPSA) is 72.0 Å². The monoisotopic (exact) mass is 347 g/mol. The highest BCUT2D eigenvalue weighted by Crippen LogP contribution is 2.22. The molecule has 0 aliphatic heterocycles. The first-order valence-corrected chi connectivity index (χ1v) is 8.06. The number of aromatic nitrogens is 2. The molecule has 8 heteroatoms. The van der Waals surface area contributed by atoms with Crippen LogP contribution in [-0.4, -0.2) is 18.4 Å². The zero-order valence-corrected chi connectivity index (χ0v) is 12.9. The van der Waals surface area contributed by atoms with E-state index in [1.807, 2.05) is 0 Å². The molecular formula is C10H10BrN3O2S2. The van der Waals surface area contributed by atoms with Crippen molar-refractivity contribution in [3.05, 3.63) is 33.5 Å². The van der Waals surface area contributed by atoms with E-state index in [4.69, 9.17) is 0 Å². The minimum Gasteiger partial charge on any atom is -0.263 e. The first kappa shape index (κ1) is 13.4. The summed E-state index contributed by atoms with van der Waals surface area (Å²) in [6, 6.07) is 3.35. The van der Waals surface area contributed by atoms with Crippen molar-refractivity contribution >= 4 is 43.1 Å². The van der Waals surface area contributed by atoms with E-state index in [-0.39, 0.29) is 4.21 Å². The molecule has 2 aromatic heterocycles. The standard InChI is InChI=1S/C10H10BrN3O2S2/c1-6-8(11)3-4-9(13-6)14-18(15,16)10-5-12-7(2)17-10/h3-5H,1-2H3,(H,13,14). The minimum atomic E-state index is -3.59. The number of halogens is 1. The summed E-state index contributed by atoms with van der Waals surface area (Å²) in [4.78, 5) is 8.06. The van der Waals surface area contributed by atoms with Crippen LogP contribution in [0, 0.1) is 13.8 Å². The summed E-state index contributed by atoms with van der Waals surface area (Å²) in [5.74, 6) is 0.293. The number of hydrogen-bond donors (Lipinski definition) is 1. The second-order valence-electron chi connectivity index (χ2n) is 3.57. The van der Waals surface area contributed by atoms with Gasteiger partial charge in [-0.2, -0.15) is 0 Å². The van der Waals surface area contributed by atoms with Gasteiger partial charge in [0.15, 0.2) is 4.21 Å². The van der Waals surface area contributed by atoms with Crippen LogP contribution < -0.4 is 4.72 Å². The molecule has 0 fully saturated rings. The number of sulfonamides is 1. The number of pyridine rings is 1. The molecule has 0 amide bonds. The van der Waals surface area contributed by atoms with Crippen LogP contribution in [0.5, 0.6) is 0 Å². The van der Waals surface area contributed by atoms with Gasteiger partial charge in [-0.1, -0.05) is 0 Å². The van der Waals surface area contributed by atoms with Gasteiger partial charge in [-0.05, 0) is 41.9 Å². The smallest absolute Gasteiger partial charge is 0.263 e. The van der Waals surface area contributed by atoms with Gasteiger partial charge in [-0.3, -0.25) is 4.72 Å². The van der Waals surface area contributed by atoms with Gasteiger partial charge in [0, 0.05) is 4.47 Å². The third-order valence-corrected chi connectivity index (χ3v) is 5.69. The first-order chi connectivity index (χ1) is 8.38. The number of hydrogen-bond acceptors (Lipinski definition) is 5. The van der Waals surface area contributed by atoms with E-state index in [1.54, 1.807) is 26.0 Å². The van der Waals surface area contributed by atoms with Crippen LogP contribution in [0.1, 0.15) is 10.7 Å². The molecule has 0 atom stereocenters. The Morgan fingerprint density at radius 3 is 2.61 bits per heavy atom. The van der Waals surface area contributed by atoms with Crippen LogP contribution in [0.2, 0.25) is 0 Å². The molecule has 96 valence electrons. The molecule has 0 spiro atoms. The quantitative estimate of drug-likeness (QED) is 0.926. The maximum atomic E-state index is 12.0. The van der Waals surface area contributed by atoms with Crippen LogP contribution in [0.3, 0.4) is 0 Å². The lowest BCUT2D eigenvalue weighted by Gasteiger charge is -2.06. The van der Waals surface area contributed by atoms with Crippen molar-refractivity contribution in [3.8, 4) is 0 Å². The van der Waals surface area contributed by atoms with Crippen molar-refractivity contribution in [1.29, 1.82) is 0 Å². The van der Waals surface area contributed by atoms with Crippen molar-refractivity contribution in [2.75, 3.05) is 4.72 Å². The molecule has 0 aliphatic rings. The zero-order valence-electron chi connectivity index (χ0n) is 9.64. The molecule has 1 N–H and O–H groups in total. The second-order valence-corrected chi connectivity index (χ2v) is 7.57. The van der Waals surface area contributed by atoms with Crippen LogP contribution in [0.15, 0.2) is 27.0 Å². The highest BCUT2D eigenvalue weighted by atomic mass is 79.9. The number of nitrogens with zero attached hydrogens (tertiary/aromatic N) is 2. The van der Waals surface area contributed by atoms with Gasteiger partial charge in [0.2, 0.25) is 0 Å². The van der Waals surface area contributed by atoms with Gasteiger partial charge in [0.1, 0.15) is 5.82 Å². The fourth-order valence-corrected chi connectivity index (χ4v) is 3.58. The highest BCUT2D eigenvalue weighted by molar-refractivity contribution is 9.10. The molecule has 0 unspecified atom stereocenters. The Morgan fingerprint density at radius 1 is 1.33 bits per heavy atom. The molecule has 2 heterocycles. The van der Waals surface area contributed by atoms with Crippen molar-refractivity contribution < 1.29 is 8.42 Å². The summed E-state index contributed by atoms with van der Waals surface area (Å²) in [5, 5.41) is 0.704. The summed E-state index contributed by atoms with van der Waals surface area (Å²) in [7, 11) is -3.59. The summed E-state index contributed by atoms with van der Waals surface area (Å²) in [6.45, 7) is 3.55. The van der Waals surface area contributed by atoms with E-state index in [2.05, 4.69) is 30.6 Å². The van der Waals surface area contributed by atoms with E-state index in [9.17, 15) is 8.42 Å². The number of anilines is 1. The molecule has 0 aromatic carbocycles. The predicted molar refractivity (Wildman–Crippen MR) is 74.3 cm³/mol. The Bertz CT molecular complexity index is 682. The van der Waals surface area contributed by atoms with Crippen LogP contribution in [0.4, 0.5) is 5.82 Å². The molecule has 2 aromatic rings. The van der Waals surface area contributed by atoms with Crippen LogP contribution in [0.25, 0.3) is 0 Å². The number of rotatable bonds is 3. The van der Waals surface area contributed by atoms with Crippen LogP contribution >= 0.6 is 27.3 Å². The van der Waals surface area contributed by atoms with Crippen LogP contribution in [-0.2, 0) is 10.0 Å². The fourth-order valence-electron chi connectivity index (χ4n) is 1.25. The highest BCUT2D eigenvalue weighted by Gasteiger charge is 2.17. The molecule has 0 saturated heterocycles. The second kappa shape index (κ2) is 4.94. The zero-order chi connectivity index (χ0) is 13.3. The maximum Gasteiger partial charge on any atom is 0.274 e. The van der Waals surface area contributed by atoms with E-state index in [1.165, 1.54) is 6.20 Å². The van der Waals surface area contributed by atoms with E-state index < -0.39 is 10.0 Å². The molecule has 5 nitrogen and oxygen atoms in total. The average molecular weight is 348 g/mol. The molecule has 2 rings (SSSR count). The molecular weight excluding hydrogens is 338 g/mol. The third kappa shape index (κ3) is 2.88. The number of thiazole rings is 1. The lowest BCUT2D eigenvalue weighted by molar-refractivity contribution is 0.603. The fraction of sp³-hybridized carbons (Fsp3) is 0.200. The summed E-state index contributed by atoms with van der Waals surface area (Å²) in [6.07, 6.45) is 1.34. The van der Waals surface area contributed by atoms with Gasteiger partial charge in [-0.15, -0.1) is 11.3 Å². The summed E-state index contributed by atoms with van der Waals surface area (Å²) < 4.78 is 27.5. The predicted octanol–water partition coefficient (Wildman–Crippen LogP) is 2.72. The van der Waals surface area contributed by atoms with E-state index >= 15 is 0 Å². The van der Waals surface area contributed by atoms with Gasteiger partial charge in [-0.25, -0.2) is 18.4 Å². The third-order valence-electron chi connectivity index (χ3n) is 2.13. The number of nitrogens with one attached hydrogen (secondary N) is 1. The Morgan fingerprint density at radius 2 is 2.06 bits per heavy atom. The number of aryl methyl sites for hydroxylation is 2. The van der Waals surface area contributed by atoms with Crippen molar-refractivity contribution in [1.82, 2.24) is 9.97 Å². The molecule has 0 bridgehead atoms. The maximum absolute atomic E-state index is 12.0. The van der Waals surface area contributed by atoms with Gasteiger partial charge < -0.3 is 0 Å². The normalized spacial score (nSPS) is 11.5. The van der Waals surface area contributed by atoms with Gasteiger partial charge >= 0.3 is 0 Å². The summed E-state index contributed by atoms with van der Waals surface area (Å²) in [5.41, 5.74) is 0.718. The Hall–Kier alpha value is -0.990. The molecule has 0 radical (unpaired) electrons. The first-order valence-electron chi connectivity index (χ1n) is 4.97. The average Bonchev–Trinajstić information content (AvgIpc) is 2.71. The van der Waals surface area contributed by atoms with E-state index in [0.29, 0.717) is 10.8 Å². The van der Waals surface area contributed by atoms with Crippen molar-refractivity contribution in [2.24, 2.45) is 0 Å². The summed E-state index contributed by atoms with van der Waals surface area (Å²) >= 11 is 4.43. The SMILES string of the molecule is Cc1ncc(S(=O)(=O)Nc2ccc(Br)c(C)n2)s1. The molecule has 18 heavy (non-hydrogen) atoms. The largest absolute Gasteiger partial charge is 0.274 e. The Balaban J connectivity index is 2.30. The molecule has 0 aliphatic carbocycles. The molecule has 0 saturated carbocycles. The lowest BCUT2D eigenvalue weighted by atomic mass is 10.4. The Kier molecular flexibility index (Phi) is 3.69. The Labute approximate surface area is 117 Å². The van der Waals surface area contributed by atoms with Gasteiger partial charge in [0.25, 0.3) is 10.0 Å². The lowest BCUT2D eigenvalue weighted by Crippen LogP contribution is -2.12.